The largest absolute Gasteiger partial charge is 0.472 e. The molecule has 0 atom stereocenters. The summed E-state index contributed by atoms with van der Waals surface area (Å²) in [7, 11) is 0. The fourth-order valence-corrected chi connectivity index (χ4v) is 2.62. The van der Waals surface area contributed by atoms with E-state index in [1.807, 2.05) is 6.07 Å². The van der Waals surface area contributed by atoms with E-state index in [-0.39, 0.29) is 0 Å². The summed E-state index contributed by atoms with van der Waals surface area (Å²) in [5, 5.41) is 6.87. The topological polar surface area (TPSA) is 25.2 Å². The van der Waals surface area contributed by atoms with Crippen molar-refractivity contribution in [2.24, 2.45) is 0 Å². The van der Waals surface area contributed by atoms with Crippen molar-refractivity contribution >= 4 is 27.1 Å². The second-order valence-corrected chi connectivity index (χ2v) is 4.54. The summed E-state index contributed by atoms with van der Waals surface area (Å²) < 4.78 is 6.35. The number of nitrogens with one attached hydrogen (secondary N) is 1. The second kappa shape index (κ2) is 4.02. The summed E-state index contributed by atoms with van der Waals surface area (Å²) in [4.78, 5) is 0. The third-order valence-corrected chi connectivity index (χ3v) is 3.51. The lowest BCUT2D eigenvalue weighted by Crippen LogP contribution is -1.96. The van der Waals surface area contributed by atoms with Gasteiger partial charge in [0.25, 0.3) is 0 Å². The number of rotatable bonds is 3. The molecule has 0 aliphatic carbocycles. The molecule has 0 bridgehead atoms. The van der Waals surface area contributed by atoms with Crippen molar-refractivity contribution in [1.29, 1.82) is 0 Å². The van der Waals surface area contributed by atoms with E-state index in [1.165, 1.54) is 15.8 Å². The summed E-state index contributed by atoms with van der Waals surface area (Å²) in [6.45, 7) is 0.803. The summed E-state index contributed by atoms with van der Waals surface area (Å²) in [6, 6.07) is 10.4. The summed E-state index contributed by atoms with van der Waals surface area (Å²) in [5.74, 6) is 0. The van der Waals surface area contributed by atoms with Crippen LogP contribution in [0, 0.1) is 0 Å². The minimum atomic E-state index is 0.803. The number of fused-ring (bicyclic) bond motifs is 1. The molecule has 0 amide bonds. The molecule has 3 aromatic rings. The number of furan rings is 1. The van der Waals surface area contributed by atoms with Gasteiger partial charge in [-0.3, -0.25) is 0 Å². The van der Waals surface area contributed by atoms with E-state index in [0.717, 1.165) is 12.1 Å². The molecule has 2 aromatic heterocycles. The van der Waals surface area contributed by atoms with E-state index < -0.39 is 0 Å². The number of hydrogen-bond acceptors (Lipinski definition) is 3. The average Bonchev–Trinajstić information content (AvgIpc) is 2.96. The quantitative estimate of drug-likeness (QED) is 0.731. The Hall–Kier alpha value is -1.74. The number of thiophene rings is 1. The van der Waals surface area contributed by atoms with Gasteiger partial charge in [-0.15, -0.1) is 11.3 Å². The molecule has 0 radical (unpaired) electrons. The molecule has 3 rings (SSSR count). The Kier molecular flexibility index (Phi) is 2.38. The first-order valence-corrected chi connectivity index (χ1v) is 6.02. The minimum Gasteiger partial charge on any atom is -0.472 e. The molecule has 0 saturated heterocycles. The van der Waals surface area contributed by atoms with Gasteiger partial charge in [0.05, 0.1) is 18.2 Å². The highest BCUT2D eigenvalue weighted by Gasteiger charge is 2.02. The Morgan fingerprint density at radius 1 is 1.19 bits per heavy atom. The summed E-state index contributed by atoms with van der Waals surface area (Å²) in [6.07, 6.45) is 3.46. The van der Waals surface area contributed by atoms with Crippen LogP contribution in [0.25, 0.3) is 10.1 Å². The van der Waals surface area contributed by atoms with Gasteiger partial charge in [0.1, 0.15) is 0 Å². The minimum absolute atomic E-state index is 0.803. The van der Waals surface area contributed by atoms with Crippen molar-refractivity contribution in [2.45, 2.75) is 6.54 Å². The van der Waals surface area contributed by atoms with Crippen LogP contribution in [0.15, 0.2) is 52.7 Å². The van der Waals surface area contributed by atoms with Crippen molar-refractivity contribution < 1.29 is 4.42 Å². The van der Waals surface area contributed by atoms with Crippen molar-refractivity contribution in [3.63, 3.8) is 0 Å². The van der Waals surface area contributed by atoms with E-state index in [1.54, 1.807) is 23.9 Å². The van der Waals surface area contributed by atoms with Crippen molar-refractivity contribution in [3.05, 3.63) is 53.8 Å². The normalized spacial score (nSPS) is 10.8. The molecule has 3 heteroatoms. The first-order chi connectivity index (χ1) is 7.93. The van der Waals surface area contributed by atoms with Gasteiger partial charge in [0.15, 0.2) is 0 Å². The maximum Gasteiger partial charge on any atom is 0.0952 e. The zero-order chi connectivity index (χ0) is 10.8. The zero-order valence-electron chi connectivity index (χ0n) is 8.64. The SMILES string of the molecule is c1ccc2c(NCc3ccoc3)csc2c1. The van der Waals surface area contributed by atoms with Gasteiger partial charge in [-0.1, -0.05) is 18.2 Å². The summed E-state index contributed by atoms with van der Waals surface area (Å²) >= 11 is 1.77. The van der Waals surface area contributed by atoms with Crippen LogP contribution in [-0.4, -0.2) is 0 Å². The monoisotopic (exact) mass is 229 g/mol. The zero-order valence-corrected chi connectivity index (χ0v) is 9.46. The third-order valence-electron chi connectivity index (χ3n) is 2.54. The highest BCUT2D eigenvalue weighted by molar-refractivity contribution is 7.17. The molecule has 0 spiro atoms. The molecule has 0 aliphatic heterocycles. The molecule has 2 nitrogen and oxygen atoms in total. The molecule has 0 unspecified atom stereocenters. The van der Waals surface area contributed by atoms with Crippen LogP contribution >= 0.6 is 11.3 Å². The summed E-state index contributed by atoms with van der Waals surface area (Å²) in [5.41, 5.74) is 2.36. The molecular formula is C13H11NOS. The lowest BCUT2D eigenvalue weighted by atomic mass is 10.2. The molecule has 80 valence electrons. The lowest BCUT2D eigenvalue weighted by Gasteiger charge is -2.02. The number of benzene rings is 1. The van der Waals surface area contributed by atoms with Crippen molar-refractivity contribution in [1.82, 2.24) is 0 Å². The number of anilines is 1. The standard InChI is InChI=1S/C13H11NOS/c1-2-4-13-11(3-1)12(9-16-13)14-7-10-5-6-15-8-10/h1-6,8-9,14H,7H2. The van der Waals surface area contributed by atoms with Crippen molar-refractivity contribution in [2.75, 3.05) is 5.32 Å². The Labute approximate surface area is 97.5 Å². The Morgan fingerprint density at radius 3 is 3.00 bits per heavy atom. The maximum atomic E-state index is 5.03. The van der Waals surface area contributed by atoms with Gasteiger partial charge in [-0.05, 0) is 12.1 Å². The Bertz CT molecular complexity index is 583. The predicted molar refractivity (Wildman–Crippen MR) is 67.9 cm³/mol. The molecule has 0 fully saturated rings. The Morgan fingerprint density at radius 2 is 2.12 bits per heavy atom. The third kappa shape index (κ3) is 1.70. The van der Waals surface area contributed by atoms with Crippen LogP contribution in [0.3, 0.4) is 0 Å². The van der Waals surface area contributed by atoms with Gasteiger partial charge in [0.2, 0.25) is 0 Å². The first-order valence-electron chi connectivity index (χ1n) is 5.15. The van der Waals surface area contributed by atoms with E-state index >= 15 is 0 Å². The molecule has 1 aromatic carbocycles. The highest BCUT2D eigenvalue weighted by atomic mass is 32.1. The number of hydrogen-bond donors (Lipinski definition) is 1. The predicted octanol–water partition coefficient (Wildman–Crippen LogP) is 4.11. The molecule has 16 heavy (non-hydrogen) atoms. The van der Waals surface area contributed by atoms with Gasteiger partial charge in [0, 0.05) is 27.6 Å². The van der Waals surface area contributed by atoms with Crippen LogP contribution in [0.5, 0.6) is 0 Å². The first kappa shape index (κ1) is 9.48. The molecule has 1 N–H and O–H groups in total. The molecule has 2 heterocycles. The fourth-order valence-electron chi connectivity index (χ4n) is 1.71. The van der Waals surface area contributed by atoms with Gasteiger partial charge >= 0.3 is 0 Å². The van der Waals surface area contributed by atoms with Crippen LogP contribution in [0.1, 0.15) is 5.56 Å². The Balaban J connectivity index is 1.84. The van der Waals surface area contributed by atoms with Crippen LogP contribution in [0.4, 0.5) is 5.69 Å². The van der Waals surface area contributed by atoms with Crippen LogP contribution in [-0.2, 0) is 6.54 Å². The lowest BCUT2D eigenvalue weighted by molar-refractivity contribution is 0.564. The molecular weight excluding hydrogens is 218 g/mol. The average molecular weight is 229 g/mol. The highest BCUT2D eigenvalue weighted by Crippen LogP contribution is 2.30. The van der Waals surface area contributed by atoms with Crippen LogP contribution < -0.4 is 5.32 Å². The van der Waals surface area contributed by atoms with E-state index in [2.05, 4.69) is 35.0 Å². The second-order valence-electron chi connectivity index (χ2n) is 3.63. The smallest absolute Gasteiger partial charge is 0.0952 e. The van der Waals surface area contributed by atoms with Gasteiger partial charge < -0.3 is 9.73 Å². The molecule has 0 saturated carbocycles. The van der Waals surface area contributed by atoms with E-state index in [9.17, 15) is 0 Å². The van der Waals surface area contributed by atoms with Crippen LogP contribution in [0.2, 0.25) is 0 Å². The maximum absolute atomic E-state index is 5.03. The fraction of sp³-hybridized carbons (Fsp3) is 0.0769. The molecule has 0 aliphatic rings. The van der Waals surface area contributed by atoms with E-state index in [0.29, 0.717) is 0 Å². The van der Waals surface area contributed by atoms with Gasteiger partial charge in [-0.2, -0.15) is 0 Å². The van der Waals surface area contributed by atoms with Gasteiger partial charge in [-0.25, -0.2) is 0 Å². The van der Waals surface area contributed by atoms with Crippen molar-refractivity contribution in [3.8, 4) is 0 Å². The van der Waals surface area contributed by atoms with E-state index in [4.69, 9.17) is 4.42 Å².